The lowest BCUT2D eigenvalue weighted by Gasteiger charge is -2.37. The quantitative estimate of drug-likeness (QED) is 0.171. The minimum atomic E-state index is -2.93. The summed E-state index contributed by atoms with van der Waals surface area (Å²) in [5.74, 6) is -2.90. The maximum atomic E-state index is 13.7. The Kier molecular flexibility index (Phi) is 9.55. The molecule has 1 fully saturated rings. The van der Waals surface area contributed by atoms with Gasteiger partial charge in [0.2, 0.25) is 5.91 Å². The predicted octanol–water partition coefficient (Wildman–Crippen LogP) is 9.28. The van der Waals surface area contributed by atoms with E-state index in [0.717, 1.165) is 44.1 Å². The highest BCUT2D eigenvalue weighted by molar-refractivity contribution is 6.08. The zero-order chi connectivity index (χ0) is 32.8. The van der Waals surface area contributed by atoms with Gasteiger partial charge in [0.15, 0.2) is 0 Å². The van der Waals surface area contributed by atoms with Crippen molar-refractivity contribution in [2.24, 2.45) is 0 Å². The summed E-state index contributed by atoms with van der Waals surface area (Å²) in [6.45, 7) is 2.42. The predicted molar refractivity (Wildman–Crippen MR) is 184 cm³/mol. The fraction of sp³-hybridized carbons (Fsp3) is 0.200. The Balaban J connectivity index is 1.10. The van der Waals surface area contributed by atoms with Gasteiger partial charge in [0.05, 0.1) is 0 Å². The third kappa shape index (κ3) is 7.64. The van der Waals surface area contributed by atoms with Gasteiger partial charge < -0.3 is 10.6 Å². The highest BCUT2D eigenvalue weighted by Gasteiger charge is 2.32. The molecule has 0 saturated carbocycles. The summed E-state index contributed by atoms with van der Waals surface area (Å²) in [5, 5.41) is 6.09. The highest BCUT2D eigenvalue weighted by atomic mass is 19.3. The molecular formula is C40H37F2N3O2. The van der Waals surface area contributed by atoms with Gasteiger partial charge >= 0.3 is 0 Å². The van der Waals surface area contributed by atoms with Crippen LogP contribution in [0, 0.1) is 0 Å². The van der Waals surface area contributed by atoms with Crippen LogP contribution in [-0.2, 0) is 10.7 Å². The summed E-state index contributed by atoms with van der Waals surface area (Å²) in [7, 11) is 0. The Morgan fingerprint density at radius 3 is 1.91 bits per heavy atom. The smallest absolute Gasteiger partial charge is 0.270 e. The third-order valence-electron chi connectivity index (χ3n) is 8.81. The molecule has 7 heteroatoms. The zero-order valence-corrected chi connectivity index (χ0v) is 26.2. The first-order valence-corrected chi connectivity index (χ1v) is 15.9. The Hall–Kier alpha value is -5.14. The molecule has 0 radical (unpaired) electrons. The van der Waals surface area contributed by atoms with Gasteiger partial charge in [-0.2, -0.15) is 0 Å². The first-order valence-electron chi connectivity index (χ1n) is 15.9. The average molecular weight is 630 g/mol. The fourth-order valence-corrected chi connectivity index (χ4v) is 6.30. The van der Waals surface area contributed by atoms with E-state index in [2.05, 4.69) is 27.7 Å². The zero-order valence-electron chi connectivity index (χ0n) is 26.2. The lowest BCUT2D eigenvalue weighted by atomic mass is 9.88. The van der Waals surface area contributed by atoms with Crippen LogP contribution >= 0.6 is 0 Å². The number of hydrogen-bond donors (Lipinski definition) is 2. The molecule has 1 aliphatic rings. The van der Waals surface area contributed by atoms with Gasteiger partial charge in [0, 0.05) is 29.4 Å². The molecule has 2 N–H and O–H groups in total. The van der Waals surface area contributed by atoms with Crippen LogP contribution in [-0.4, -0.2) is 29.8 Å². The van der Waals surface area contributed by atoms with E-state index in [4.69, 9.17) is 0 Å². The number of carbonyl (C=O) groups is 2. The van der Waals surface area contributed by atoms with Gasteiger partial charge in [-0.05, 0) is 84.4 Å². The van der Waals surface area contributed by atoms with Crippen LogP contribution in [0.25, 0.3) is 11.1 Å². The maximum absolute atomic E-state index is 13.7. The number of halogens is 2. The lowest BCUT2D eigenvalue weighted by Crippen LogP contribution is -2.41. The molecule has 1 unspecified atom stereocenters. The highest BCUT2D eigenvalue weighted by Crippen LogP contribution is 2.34. The number of alkyl halides is 2. The van der Waals surface area contributed by atoms with Crippen LogP contribution in [0.5, 0.6) is 0 Å². The van der Waals surface area contributed by atoms with E-state index in [-0.39, 0.29) is 23.4 Å². The number of rotatable bonds is 9. The van der Waals surface area contributed by atoms with E-state index in [1.165, 1.54) is 17.7 Å². The normalized spacial score (nSPS) is 14.7. The molecule has 5 nitrogen and oxygen atoms in total. The maximum Gasteiger partial charge on any atom is 0.270 e. The number of nitrogens with one attached hydrogen (secondary N) is 2. The molecule has 47 heavy (non-hydrogen) atoms. The Bertz CT molecular complexity index is 1800. The molecule has 0 aliphatic carbocycles. The Morgan fingerprint density at radius 2 is 1.28 bits per heavy atom. The number of nitrogens with zero attached hydrogens (tertiary/aromatic N) is 1. The van der Waals surface area contributed by atoms with Crippen LogP contribution in [0.4, 0.5) is 20.2 Å². The first kappa shape index (κ1) is 31.8. The number of hydrogen-bond acceptors (Lipinski definition) is 3. The van der Waals surface area contributed by atoms with E-state index in [1.807, 2.05) is 84.9 Å². The van der Waals surface area contributed by atoms with E-state index in [9.17, 15) is 18.4 Å². The van der Waals surface area contributed by atoms with Crippen LogP contribution in [0.15, 0.2) is 133 Å². The van der Waals surface area contributed by atoms with E-state index in [1.54, 1.807) is 24.3 Å². The topological polar surface area (TPSA) is 61.4 Å². The lowest BCUT2D eigenvalue weighted by molar-refractivity contribution is -0.122. The van der Waals surface area contributed by atoms with Crippen molar-refractivity contribution in [1.29, 1.82) is 0 Å². The number of para-hydroxylation sites is 1. The summed E-state index contributed by atoms with van der Waals surface area (Å²) in [4.78, 5) is 29.1. The Morgan fingerprint density at radius 1 is 0.702 bits per heavy atom. The van der Waals surface area contributed by atoms with Crippen molar-refractivity contribution in [3.05, 3.63) is 156 Å². The van der Waals surface area contributed by atoms with Crippen molar-refractivity contribution in [2.45, 2.75) is 37.6 Å². The fourth-order valence-electron chi connectivity index (χ4n) is 6.30. The largest absolute Gasteiger partial charge is 0.324 e. The minimum absolute atomic E-state index is 0.0398. The minimum Gasteiger partial charge on any atom is -0.324 e. The van der Waals surface area contributed by atoms with Gasteiger partial charge in [-0.3, -0.25) is 14.5 Å². The summed E-state index contributed by atoms with van der Waals surface area (Å²) in [6, 6.07) is 40.2. The molecule has 1 heterocycles. The molecule has 6 rings (SSSR count). The summed E-state index contributed by atoms with van der Waals surface area (Å²) in [5.41, 5.74) is 5.38. The summed E-state index contributed by atoms with van der Waals surface area (Å²) >= 11 is 0. The number of anilines is 2. The van der Waals surface area contributed by atoms with Crippen LogP contribution in [0.3, 0.4) is 0 Å². The van der Waals surface area contributed by atoms with Crippen molar-refractivity contribution in [3.8, 4) is 11.1 Å². The number of piperidine rings is 1. The monoisotopic (exact) mass is 629 g/mol. The van der Waals surface area contributed by atoms with E-state index in [0.29, 0.717) is 28.3 Å². The first-order chi connectivity index (χ1) is 22.8. The van der Waals surface area contributed by atoms with Crippen LogP contribution < -0.4 is 10.6 Å². The second kappa shape index (κ2) is 14.1. The van der Waals surface area contributed by atoms with Gasteiger partial charge in [-0.25, -0.2) is 8.78 Å². The van der Waals surface area contributed by atoms with Crippen LogP contribution in [0.2, 0.25) is 0 Å². The molecule has 0 bridgehead atoms. The second-order valence-electron chi connectivity index (χ2n) is 12.1. The SMILES string of the molecule is CC(F)(F)c1ccc(-c2ccccc2C(=O)Nc2ccc(C3CCN(C(C(=O)Nc4ccccc4)c4ccccc4)CC3)cc2)cc1. The number of amides is 2. The molecule has 0 aromatic heterocycles. The molecule has 0 spiro atoms. The van der Waals surface area contributed by atoms with Gasteiger partial charge in [-0.1, -0.05) is 103 Å². The number of benzene rings is 5. The summed E-state index contributed by atoms with van der Waals surface area (Å²) < 4.78 is 27.4. The molecule has 1 saturated heterocycles. The Labute approximate surface area is 274 Å². The van der Waals surface area contributed by atoms with Crippen molar-refractivity contribution < 1.29 is 18.4 Å². The number of carbonyl (C=O) groups excluding carboxylic acids is 2. The van der Waals surface area contributed by atoms with Crippen molar-refractivity contribution in [1.82, 2.24) is 4.90 Å². The van der Waals surface area contributed by atoms with Crippen molar-refractivity contribution in [3.63, 3.8) is 0 Å². The molecule has 1 atom stereocenters. The van der Waals surface area contributed by atoms with Crippen molar-refractivity contribution >= 4 is 23.2 Å². The van der Waals surface area contributed by atoms with Gasteiger partial charge in [0.25, 0.3) is 11.8 Å². The van der Waals surface area contributed by atoms with Crippen molar-refractivity contribution in [2.75, 3.05) is 23.7 Å². The molecule has 2 amide bonds. The van der Waals surface area contributed by atoms with E-state index >= 15 is 0 Å². The van der Waals surface area contributed by atoms with E-state index < -0.39 is 5.92 Å². The molecule has 5 aromatic carbocycles. The van der Waals surface area contributed by atoms with Gasteiger partial charge in [-0.15, -0.1) is 0 Å². The van der Waals surface area contributed by atoms with Crippen LogP contribution in [0.1, 0.15) is 58.8 Å². The molecule has 1 aliphatic heterocycles. The molecular weight excluding hydrogens is 592 g/mol. The standard InChI is InChI=1S/C40H37F2N3O2/c1-40(41,42)32-20-16-30(17-21-32)35-14-8-9-15-36(35)38(46)43-34-22-18-28(19-23-34)29-24-26-45(27-25-29)37(31-10-4-2-5-11-31)39(47)44-33-12-6-3-7-13-33/h2-23,29,37H,24-27H2,1H3,(H,43,46)(H,44,47). The average Bonchev–Trinajstić information content (AvgIpc) is 3.10. The third-order valence-corrected chi connectivity index (χ3v) is 8.81. The van der Waals surface area contributed by atoms with Gasteiger partial charge in [0.1, 0.15) is 6.04 Å². The molecule has 238 valence electrons. The summed E-state index contributed by atoms with van der Waals surface area (Å²) in [6.07, 6.45) is 1.81. The second-order valence-corrected chi connectivity index (χ2v) is 12.1. The molecule has 5 aromatic rings. The number of likely N-dealkylation sites (tertiary alicyclic amines) is 1.